The second-order valence-electron chi connectivity index (χ2n) is 5.52. The van der Waals surface area contributed by atoms with Crippen LogP contribution in [-0.2, 0) is 14.3 Å². The number of carbonyl (C=O) groups excluding carboxylic acids is 1. The van der Waals surface area contributed by atoms with E-state index >= 15 is 0 Å². The van der Waals surface area contributed by atoms with Gasteiger partial charge in [-0.15, -0.1) is 0 Å². The Morgan fingerprint density at radius 3 is 3.17 bits per heavy atom. The largest absolute Gasteiger partial charge is 0.458 e. The van der Waals surface area contributed by atoms with Crippen molar-refractivity contribution in [1.29, 1.82) is 0 Å². The maximum Gasteiger partial charge on any atom is 0.333 e. The van der Waals surface area contributed by atoms with Gasteiger partial charge in [0.1, 0.15) is 25.3 Å². The van der Waals surface area contributed by atoms with E-state index in [0.29, 0.717) is 24.3 Å². The normalized spacial score (nSPS) is 37.7. The monoisotopic (exact) mass is 250 g/mol. The van der Waals surface area contributed by atoms with Gasteiger partial charge in [-0.2, -0.15) is 0 Å². The molecule has 0 spiro atoms. The summed E-state index contributed by atoms with van der Waals surface area (Å²) in [6, 6.07) is 0.448. The second-order valence-corrected chi connectivity index (χ2v) is 5.52. The highest BCUT2D eigenvalue weighted by atomic mass is 16.5. The first-order valence-electron chi connectivity index (χ1n) is 6.62. The molecule has 3 aliphatic heterocycles. The lowest BCUT2D eigenvalue weighted by Crippen LogP contribution is -2.47. The van der Waals surface area contributed by atoms with Crippen LogP contribution in [0.4, 0.5) is 0 Å². The first-order valence-corrected chi connectivity index (χ1v) is 6.62. The molecule has 0 unspecified atom stereocenters. The van der Waals surface area contributed by atoms with Crippen LogP contribution < -0.4 is 0 Å². The van der Waals surface area contributed by atoms with Gasteiger partial charge in [-0.1, -0.05) is 6.08 Å². The molecule has 2 fully saturated rings. The Hall–Kier alpha value is -1.13. The number of quaternary nitrogens is 1. The predicted octanol–water partition coefficient (Wildman–Crippen LogP) is 1.38. The highest BCUT2D eigenvalue weighted by molar-refractivity contribution is 5.87. The van der Waals surface area contributed by atoms with Crippen molar-refractivity contribution >= 4 is 5.97 Å². The number of hydrogen-bond donors (Lipinski definition) is 0. The quantitative estimate of drug-likeness (QED) is 0.328. The Kier molecular flexibility index (Phi) is 2.79. The average molecular weight is 250 g/mol. The molecule has 2 bridgehead atoms. The molecule has 2 saturated heterocycles. The lowest BCUT2D eigenvalue weighted by atomic mass is 10.1. The summed E-state index contributed by atoms with van der Waals surface area (Å²) in [4.78, 5) is 11.6. The van der Waals surface area contributed by atoms with Crippen molar-refractivity contribution in [2.45, 2.75) is 32.4 Å². The molecule has 3 aliphatic rings. The van der Waals surface area contributed by atoms with Crippen molar-refractivity contribution in [1.82, 2.24) is 0 Å². The first-order chi connectivity index (χ1) is 8.66. The maximum absolute atomic E-state index is 11.6. The summed E-state index contributed by atoms with van der Waals surface area (Å²) in [5.41, 5.74) is 1.93. The van der Waals surface area contributed by atoms with Crippen LogP contribution >= 0.6 is 0 Å². The van der Waals surface area contributed by atoms with Crippen molar-refractivity contribution in [2.75, 3.05) is 26.4 Å². The Morgan fingerprint density at radius 1 is 1.67 bits per heavy atom. The number of rotatable bonds is 3. The van der Waals surface area contributed by atoms with E-state index in [1.165, 1.54) is 12.1 Å². The molecular weight excluding hydrogens is 230 g/mol. The van der Waals surface area contributed by atoms with Gasteiger partial charge in [0, 0.05) is 17.6 Å². The van der Waals surface area contributed by atoms with Gasteiger partial charge in [0.05, 0.1) is 6.54 Å². The zero-order valence-electron chi connectivity index (χ0n) is 11.0. The molecule has 0 aliphatic carbocycles. The number of allylic oxidation sites excluding steroid dienone is 1. The van der Waals surface area contributed by atoms with Crippen molar-refractivity contribution in [3.63, 3.8) is 0 Å². The zero-order valence-corrected chi connectivity index (χ0v) is 11.0. The van der Waals surface area contributed by atoms with Crippen LogP contribution in [0.25, 0.3) is 0 Å². The van der Waals surface area contributed by atoms with Gasteiger partial charge in [0.15, 0.2) is 6.73 Å². The third kappa shape index (κ3) is 1.63. The van der Waals surface area contributed by atoms with E-state index in [1.807, 2.05) is 6.92 Å². The molecule has 0 saturated carbocycles. The van der Waals surface area contributed by atoms with E-state index in [4.69, 9.17) is 9.47 Å². The Labute approximate surface area is 107 Å². The fourth-order valence-electron chi connectivity index (χ4n) is 3.39. The molecule has 0 aromatic rings. The minimum Gasteiger partial charge on any atom is -0.458 e. The van der Waals surface area contributed by atoms with Crippen molar-refractivity contribution in [2.24, 2.45) is 0 Å². The van der Waals surface area contributed by atoms with Crippen LogP contribution in [-0.4, -0.2) is 49.0 Å². The van der Waals surface area contributed by atoms with Crippen LogP contribution in [0, 0.1) is 0 Å². The summed E-state index contributed by atoms with van der Waals surface area (Å²) in [7, 11) is 0. The van der Waals surface area contributed by atoms with E-state index in [9.17, 15) is 4.79 Å². The lowest BCUT2D eigenvalue weighted by molar-refractivity contribution is -0.926. The zero-order chi connectivity index (χ0) is 12.8. The predicted molar refractivity (Wildman–Crippen MR) is 66.6 cm³/mol. The van der Waals surface area contributed by atoms with Gasteiger partial charge in [0.2, 0.25) is 0 Å². The van der Waals surface area contributed by atoms with Crippen molar-refractivity contribution in [3.05, 3.63) is 23.3 Å². The molecule has 0 radical (unpaired) electrons. The molecule has 3 heterocycles. The van der Waals surface area contributed by atoms with E-state index in [-0.39, 0.29) is 5.97 Å². The third-order valence-electron chi connectivity index (χ3n) is 4.57. The third-order valence-corrected chi connectivity index (χ3v) is 4.57. The fourth-order valence-corrected chi connectivity index (χ4v) is 3.39. The molecule has 18 heavy (non-hydrogen) atoms. The van der Waals surface area contributed by atoms with Crippen LogP contribution in [0.1, 0.15) is 20.3 Å². The highest BCUT2D eigenvalue weighted by Gasteiger charge is 2.58. The number of carbonyl (C=O) groups is 1. The Bertz CT molecular complexity index is 430. The molecule has 0 N–H and O–H groups in total. The molecular formula is C14H20NO3+. The van der Waals surface area contributed by atoms with Crippen molar-refractivity contribution in [3.8, 4) is 0 Å². The molecule has 4 nitrogen and oxygen atoms in total. The average Bonchev–Trinajstić information content (AvgIpc) is 3.02. The van der Waals surface area contributed by atoms with Crippen LogP contribution in [0.3, 0.4) is 0 Å². The summed E-state index contributed by atoms with van der Waals surface area (Å²) in [6.07, 6.45) is 5.52. The summed E-state index contributed by atoms with van der Waals surface area (Å²) < 4.78 is 12.2. The van der Waals surface area contributed by atoms with Gasteiger partial charge in [-0.3, -0.25) is 4.48 Å². The van der Waals surface area contributed by atoms with E-state index in [0.717, 1.165) is 24.2 Å². The van der Waals surface area contributed by atoms with Gasteiger partial charge >= 0.3 is 5.97 Å². The smallest absolute Gasteiger partial charge is 0.333 e. The minimum atomic E-state index is -0.210. The van der Waals surface area contributed by atoms with Crippen LogP contribution in [0.2, 0.25) is 0 Å². The molecule has 0 aromatic heterocycles. The van der Waals surface area contributed by atoms with Gasteiger partial charge in [0.25, 0.3) is 0 Å². The molecule has 3 rings (SSSR count). The van der Waals surface area contributed by atoms with Gasteiger partial charge in [-0.25, -0.2) is 4.79 Å². The number of hydrogen-bond acceptors (Lipinski definition) is 3. The second kappa shape index (κ2) is 4.21. The van der Waals surface area contributed by atoms with E-state index in [2.05, 4.69) is 6.08 Å². The molecule has 3 atom stereocenters. The minimum absolute atomic E-state index is 0.210. The van der Waals surface area contributed by atoms with Crippen molar-refractivity contribution < 1.29 is 18.8 Å². The van der Waals surface area contributed by atoms with Gasteiger partial charge < -0.3 is 9.47 Å². The van der Waals surface area contributed by atoms with Gasteiger partial charge in [-0.05, 0) is 19.9 Å². The highest BCUT2D eigenvalue weighted by Crippen LogP contribution is 2.43. The van der Waals surface area contributed by atoms with E-state index < -0.39 is 0 Å². The maximum atomic E-state index is 11.6. The standard InChI is InChI=1S/C14H20NO3/c1-3-10(2)14(16)17-8-11-4-6-15-7-5-12(13(11)15)18-9-15/h3-4,12-13H,5-9H2,1-2H3/q+1/b10-3-/t12-,13+,15-/m0/s1. The number of nitrogens with zero attached hydrogens (tertiary/aromatic N) is 1. The summed E-state index contributed by atoms with van der Waals surface area (Å²) >= 11 is 0. The summed E-state index contributed by atoms with van der Waals surface area (Å²) in [6.45, 7) is 7.13. The number of esters is 1. The molecule has 0 amide bonds. The summed E-state index contributed by atoms with van der Waals surface area (Å²) in [5.74, 6) is -0.210. The molecule has 4 heteroatoms. The Morgan fingerprint density at radius 2 is 2.50 bits per heavy atom. The van der Waals surface area contributed by atoms with Crippen LogP contribution in [0.5, 0.6) is 0 Å². The number of ether oxygens (including phenoxy) is 2. The molecule has 0 aromatic carbocycles. The molecule has 98 valence electrons. The topological polar surface area (TPSA) is 35.5 Å². The van der Waals surface area contributed by atoms with E-state index in [1.54, 1.807) is 13.0 Å². The SMILES string of the molecule is C/C=C(/C)C(=O)OCC1=CC[N@+]23CC[C@H](OC2)[C@@H]13. The van der Waals surface area contributed by atoms with Crippen LogP contribution in [0.15, 0.2) is 23.3 Å². The lowest BCUT2D eigenvalue weighted by Gasteiger charge is -2.29. The fraction of sp³-hybridized carbons (Fsp3) is 0.643. The Balaban J connectivity index is 1.64. The first kappa shape index (κ1) is 11.9. The summed E-state index contributed by atoms with van der Waals surface area (Å²) in [5, 5.41) is 0.